The number of anilines is 1. The minimum Gasteiger partial charge on any atom is -0.481 e. The van der Waals surface area contributed by atoms with Crippen LogP contribution in [0.3, 0.4) is 0 Å². The maximum atomic E-state index is 12.6. The van der Waals surface area contributed by atoms with E-state index in [0.29, 0.717) is 6.54 Å². The average molecular weight is 274 g/mol. The van der Waals surface area contributed by atoms with Crippen LogP contribution in [0.15, 0.2) is 18.3 Å². The molecule has 104 valence electrons. The number of hydrogen-bond acceptors (Lipinski definition) is 3. The van der Waals surface area contributed by atoms with E-state index in [1.165, 1.54) is 0 Å². The van der Waals surface area contributed by atoms with Crippen LogP contribution >= 0.6 is 0 Å². The van der Waals surface area contributed by atoms with Crippen LogP contribution in [0.2, 0.25) is 0 Å². The molecular weight excluding hydrogens is 261 g/mol. The van der Waals surface area contributed by atoms with E-state index in [4.69, 9.17) is 5.11 Å². The molecule has 0 aliphatic carbocycles. The highest BCUT2D eigenvalue weighted by Crippen LogP contribution is 2.33. The number of hydrogen-bond donors (Lipinski definition) is 1. The van der Waals surface area contributed by atoms with Crippen LogP contribution in [-0.4, -0.2) is 29.1 Å². The van der Waals surface area contributed by atoms with Crippen molar-refractivity contribution in [1.82, 2.24) is 4.98 Å². The van der Waals surface area contributed by atoms with Gasteiger partial charge in [0.2, 0.25) is 0 Å². The van der Waals surface area contributed by atoms with Crippen molar-refractivity contribution in [2.75, 3.05) is 18.0 Å². The summed E-state index contributed by atoms with van der Waals surface area (Å²) in [6.07, 6.45) is -3.33. The minimum absolute atomic E-state index is 0.117. The number of carboxylic acids is 1. The molecule has 1 aliphatic heterocycles. The molecule has 0 radical (unpaired) electrons. The molecule has 0 spiro atoms. The molecule has 0 saturated carbocycles. The highest BCUT2D eigenvalue weighted by atomic mass is 19.4. The second-order valence-electron chi connectivity index (χ2n) is 4.73. The van der Waals surface area contributed by atoms with Gasteiger partial charge in [0.25, 0.3) is 0 Å². The summed E-state index contributed by atoms with van der Waals surface area (Å²) < 4.78 is 37.8. The van der Waals surface area contributed by atoms with Gasteiger partial charge < -0.3 is 10.0 Å². The number of alkyl halides is 3. The molecule has 0 bridgehead atoms. The van der Waals surface area contributed by atoms with Crippen LogP contribution in [0.5, 0.6) is 0 Å². The van der Waals surface area contributed by atoms with E-state index in [1.807, 2.05) is 0 Å². The molecule has 1 aliphatic rings. The molecule has 1 aromatic rings. The lowest BCUT2D eigenvalue weighted by atomic mass is 9.99. The SMILES string of the molecule is CC1CN(c2cc(C(F)(F)F)ccn2)CC1C(=O)O. The zero-order valence-corrected chi connectivity index (χ0v) is 10.2. The Balaban J connectivity index is 2.22. The molecule has 1 saturated heterocycles. The Morgan fingerprint density at radius 1 is 1.47 bits per heavy atom. The van der Waals surface area contributed by atoms with E-state index >= 15 is 0 Å². The lowest BCUT2D eigenvalue weighted by Gasteiger charge is -2.18. The maximum Gasteiger partial charge on any atom is 0.416 e. The van der Waals surface area contributed by atoms with E-state index in [2.05, 4.69) is 4.98 Å². The summed E-state index contributed by atoms with van der Waals surface area (Å²) in [5.41, 5.74) is -0.774. The molecule has 19 heavy (non-hydrogen) atoms. The molecule has 0 amide bonds. The van der Waals surface area contributed by atoms with E-state index in [0.717, 1.165) is 18.3 Å². The number of carboxylic acid groups (broad SMARTS) is 1. The summed E-state index contributed by atoms with van der Waals surface area (Å²) in [5.74, 6) is -1.45. The van der Waals surface area contributed by atoms with Gasteiger partial charge >= 0.3 is 12.1 Å². The van der Waals surface area contributed by atoms with Gasteiger partial charge in [-0.15, -0.1) is 0 Å². The molecule has 2 atom stereocenters. The monoisotopic (exact) mass is 274 g/mol. The fourth-order valence-corrected chi connectivity index (χ4v) is 2.24. The van der Waals surface area contributed by atoms with Crippen molar-refractivity contribution in [2.45, 2.75) is 13.1 Å². The van der Waals surface area contributed by atoms with Gasteiger partial charge in [0.05, 0.1) is 11.5 Å². The van der Waals surface area contributed by atoms with Crippen LogP contribution in [-0.2, 0) is 11.0 Å². The number of nitrogens with zero attached hydrogens (tertiary/aromatic N) is 2. The zero-order chi connectivity index (χ0) is 14.2. The van der Waals surface area contributed by atoms with Gasteiger partial charge in [0.1, 0.15) is 5.82 Å². The normalized spacial score (nSPS) is 23.7. The number of rotatable bonds is 2. The van der Waals surface area contributed by atoms with Gasteiger partial charge in [0, 0.05) is 19.3 Å². The molecule has 0 aromatic carbocycles. The van der Waals surface area contributed by atoms with Crippen molar-refractivity contribution >= 4 is 11.8 Å². The Kier molecular flexibility index (Phi) is 3.38. The molecule has 1 aromatic heterocycles. The third-order valence-electron chi connectivity index (χ3n) is 3.33. The Morgan fingerprint density at radius 3 is 2.68 bits per heavy atom. The first-order valence-corrected chi connectivity index (χ1v) is 5.80. The van der Waals surface area contributed by atoms with Gasteiger partial charge in [-0.05, 0) is 18.1 Å². The quantitative estimate of drug-likeness (QED) is 0.898. The Morgan fingerprint density at radius 2 is 2.16 bits per heavy atom. The van der Waals surface area contributed by atoms with E-state index in [1.54, 1.807) is 11.8 Å². The van der Waals surface area contributed by atoms with Gasteiger partial charge in [0.15, 0.2) is 0 Å². The van der Waals surface area contributed by atoms with Crippen LogP contribution in [0, 0.1) is 11.8 Å². The highest BCUT2D eigenvalue weighted by molar-refractivity contribution is 5.72. The smallest absolute Gasteiger partial charge is 0.416 e. The predicted octanol–water partition coefficient (Wildman–Crippen LogP) is 2.26. The van der Waals surface area contributed by atoms with Gasteiger partial charge in [-0.25, -0.2) is 4.98 Å². The molecule has 2 rings (SSSR count). The third-order valence-corrected chi connectivity index (χ3v) is 3.33. The molecule has 7 heteroatoms. The Bertz CT molecular complexity index is 490. The zero-order valence-electron chi connectivity index (χ0n) is 10.2. The van der Waals surface area contributed by atoms with E-state index in [-0.39, 0.29) is 18.3 Å². The van der Waals surface area contributed by atoms with Gasteiger partial charge in [-0.3, -0.25) is 4.79 Å². The third kappa shape index (κ3) is 2.80. The number of pyridine rings is 1. The van der Waals surface area contributed by atoms with Crippen LogP contribution < -0.4 is 4.90 Å². The van der Waals surface area contributed by atoms with E-state index < -0.39 is 23.6 Å². The summed E-state index contributed by atoms with van der Waals surface area (Å²) in [7, 11) is 0. The second kappa shape index (κ2) is 4.71. The number of aliphatic carboxylic acids is 1. The van der Waals surface area contributed by atoms with E-state index in [9.17, 15) is 18.0 Å². The summed E-state index contributed by atoms with van der Waals surface area (Å²) in [5, 5.41) is 9.01. The van der Waals surface area contributed by atoms with Crippen LogP contribution in [0.1, 0.15) is 12.5 Å². The second-order valence-corrected chi connectivity index (χ2v) is 4.73. The van der Waals surface area contributed by atoms with Crippen LogP contribution in [0.4, 0.5) is 19.0 Å². The largest absolute Gasteiger partial charge is 0.481 e. The van der Waals surface area contributed by atoms with Crippen molar-refractivity contribution in [1.29, 1.82) is 0 Å². The van der Waals surface area contributed by atoms with Gasteiger partial charge in [-0.1, -0.05) is 6.92 Å². The average Bonchev–Trinajstić information content (AvgIpc) is 2.70. The molecule has 2 unspecified atom stereocenters. The van der Waals surface area contributed by atoms with Crippen molar-refractivity contribution < 1.29 is 23.1 Å². The van der Waals surface area contributed by atoms with Gasteiger partial charge in [-0.2, -0.15) is 13.2 Å². The summed E-state index contributed by atoms with van der Waals surface area (Å²) in [4.78, 5) is 16.5. The fraction of sp³-hybridized carbons (Fsp3) is 0.500. The molecule has 1 fully saturated rings. The van der Waals surface area contributed by atoms with Crippen molar-refractivity contribution in [3.8, 4) is 0 Å². The maximum absolute atomic E-state index is 12.6. The van der Waals surface area contributed by atoms with Crippen molar-refractivity contribution in [2.24, 2.45) is 11.8 Å². The molecule has 1 N–H and O–H groups in total. The topological polar surface area (TPSA) is 53.4 Å². The number of aromatic nitrogens is 1. The molecular formula is C12H13F3N2O2. The molecule has 4 nitrogen and oxygen atoms in total. The van der Waals surface area contributed by atoms with Crippen molar-refractivity contribution in [3.63, 3.8) is 0 Å². The lowest BCUT2D eigenvalue weighted by Crippen LogP contribution is -2.24. The first-order valence-electron chi connectivity index (χ1n) is 5.80. The first-order chi connectivity index (χ1) is 8.79. The fourth-order valence-electron chi connectivity index (χ4n) is 2.24. The summed E-state index contributed by atoms with van der Waals surface area (Å²) in [6.45, 7) is 2.35. The summed E-state index contributed by atoms with van der Waals surface area (Å²) in [6, 6.07) is 1.86. The Hall–Kier alpha value is -1.79. The lowest BCUT2D eigenvalue weighted by molar-refractivity contribution is -0.142. The number of carbonyl (C=O) groups is 1. The Labute approximate surface area is 107 Å². The highest BCUT2D eigenvalue weighted by Gasteiger charge is 2.36. The number of halogens is 3. The minimum atomic E-state index is -4.42. The standard InChI is InChI=1S/C12H13F3N2O2/c1-7-5-17(6-9(7)11(18)19)10-4-8(2-3-16-10)12(13,14)15/h2-4,7,9H,5-6H2,1H3,(H,18,19). The van der Waals surface area contributed by atoms with Crippen molar-refractivity contribution in [3.05, 3.63) is 23.9 Å². The molecule has 2 heterocycles. The summed E-state index contributed by atoms with van der Waals surface area (Å²) >= 11 is 0. The first kappa shape index (κ1) is 13.6. The predicted molar refractivity (Wildman–Crippen MR) is 61.7 cm³/mol. The van der Waals surface area contributed by atoms with Crippen LogP contribution in [0.25, 0.3) is 0 Å².